The summed E-state index contributed by atoms with van der Waals surface area (Å²) in [6, 6.07) is 20.1. The zero-order valence-corrected chi connectivity index (χ0v) is 21.7. The Labute approximate surface area is 213 Å². The van der Waals surface area contributed by atoms with Crippen LogP contribution < -0.4 is 9.64 Å². The molecule has 0 saturated carbocycles. The van der Waals surface area contributed by atoms with Crippen molar-refractivity contribution in [3.05, 3.63) is 65.0 Å². The molecular formula is C27H27N5OS2. The van der Waals surface area contributed by atoms with Gasteiger partial charge in [-0.3, -0.25) is 0 Å². The number of azo groups is 1. The van der Waals surface area contributed by atoms with Crippen LogP contribution in [0.25, 0.3) is 21.2 Å². The third-order valence-corrected chi connectivity index (χ3v) is 7.31. The van der Waals surface area contributed by atoms with Crippen LogP contribution in [0.4, 0.5) is 16.5 Å². The molecule has 0 N–H and O–H groups in total. The third-order valence-electron chi connectivity index (χ3n) is 5.32. The molecule has 178 valence electrons. The number of thiazole rings is 1. The van der Waals surface area contributed by atoms with Crippen molar-refractivity contribution in [1.82, 2.24) is 4.98 Å². The number of rotatable bonds is 10. The van der Waals surface area contributed by atoms with Gasteiger partial charge in [-0.1, -0.05) is 18.3 Å². The summed E-state index contributed by atoms with van der Waals surface area (Å²) in [5, 5.41) is 19.0. The number of hydrogen-bond donors (Lipinski definition) is 0. The molecule has 0 unspecified atom stereocenters. The first-order valence-electron chi connectivity index (χ1n) is 11.7. The minimum Gasteiger partial charge on any atom is -0.494 e. The van der Waals surface area contributed by atoms with Crippen LogP contribution in [0, 0.1) is 11.3 Å². The van der Waals surface area contributed by atoms with Crippen molar-refractivity contribution >= 4 is 60.4 Å². The molecule has 0 amide bonds. The van der Waals surface area contributed by atoms with E-state index in [1.807, 2.05) is 55.5 Å². The second-order valence-corrected chi connectivity index (χ2v) is 9.81. The lowest BCUT2D eigenvalue weighted by atomic mass is 10.1. The molecule has 0 fully saturated rings. The van der Waals surface area contributed by atoms with Gasteiger partial charge in [0.05, 0.1) is 28.6 Å². The number of benzene rings is 2. The number of ether oxygens (including phenoxy) is 1. The van der Waals surface area contributed by atoms with Gasteiger partial charge in [-0.15, -0.1) is 21.6 Å². The number of fused-ring (bicyclic) bond motifs is 1. The summed E-state index contributed by atoms with van der Waals surface area (Å²) in [6.45, 7) is 8.94. The summed E-state index contributed by atoms with van der Waals surface area (Å²) in [4.78, 5) is 8.83. The highest BCUT2D eigenvalue weighted by Crippen LogP contribution is 2.36. The van der Waals surface area contributed by atoms with E-state index < -0.39 is 0 Å². The van der Waals surface area contributed by atoms with Gasteiger partial charge in [0.25, 0.3) is 0 Å². The Bertz CT molecular complexity index is 1330. The minimum atomic E-state index is 0.603. The van der Waals surface area contributed by atoms with Gasteiger partial charge in [0.1, 0.15) is 10.6 Å². The van der Waals surface area contributed by atoms with E-state index in [0.717, 1.165) is 50.9 Å². The van der Waals surface area contributed by atoms with Crippen molar-refractivity contribution in [2.45, 2.75) is 27.2 Å². The summed E-state index contributed by atoms with van der Waals surface area (Å²) >= 11 is 3.04. The SMILES string of the molecule is CCCN(CC)c1ccc(/N=N/c2nc3sc(/C=C(\C#N)c4ccc(OCC)cc4)cc3s2)cc1. The molecule has 35 heavy (non-hydrogen) atoms. The molecule has 0 aliphatic rings. The summed E-state index contributed by atoms with van der Waals surface area (Å²) < 4.78 is 6.52. The number of nitriles is 1. The van der Waals surface area contributed by atoms with Crippen molar-refractivity contribution < 1.29 is 4.74 Å². The van der Waals surface area contributed by atoms with Crippen LogP contribution >= 0.6 is 22.7 Å². The zero-order valence-electron chi connectivity index (χ0n) is 20.1. The van der Waals surface area contributed by atoms with Crippen LogP contribution in [-0.4, -0.2) is 24.7 Å². The number of thiophene rings is 1. The molecule has 2 aromatic heterocycles. The number of aromatic nitrogens is 1. The zero-order chi connectivity index (χ0) is 24.6. The Hall–Kier alpha value is -3.54. The van der Waals surface area contributed by atoms with E-state index >= 15 is 0 Å². The minimum absolute atomic E-state index is 0.603. The van der Waals surface area contributed by atoms with Gasteiger partial charge in [0, 0.05) is 23.7 Å². The van der Waals surface area contributed by atoms with Gasteiger partial charge < -0.3 is 9.64 Å². The molecule has 6 nitrogen and oxygen atoms in total. The fraction of sp³-hybridized carbons (Fsp3) is 0.259. The summed E-state index contributed by atoms with van der Waals surface area (Å²) in [7, 11) is 0. The molecule has 0 radical (unpaired) electrons. The molecule has 0 spiro atoms. The van der Waals surface area contributed by atoms with Crippen LogP contribution in [-0.2, 0) is 0 Å². The molecule has 2 aromatic carbocycles. The number of anilines is 1. The highest BCUT2D eigenvalue weighted by molar-refractivity contribution is 7.29. The van der Waals surface area contributed by atoms with Crippen LogP contribution in [0.3, 0.4) is 0 Å². The van der Waals surface area contributed by atoms with Crippen LogP contribution in [0.5, 0.6) is 5.75 Å². The molecular weight excluding hydrogens is 474 g/mol. The standard InChI is InChI=1S/C27H27N5OS2/c1-4-15-32(5-2)22-11-9-21(10-12-22)30-31-27-29-26-25(35-27)17-24(34-26)16-20(18-28)19-7-13-23(14-8-19)33-6-3/h7-14,16-17H,4-6,15H2,1-3H3/b20-16+,31-30+. The summed E-state index contributed by atoms with van der Waals surface area (Å²) in [6.07, 6.45) is 3.02. The van der Waals surface area contributed by atoms with E-state index in [1.165, 1.54) is 17.0 Å². The molecule has 4 rings (SSSR count). The van der Waals surface area contributed by atoms with Gasteiger partial charge in [0.2, 0.25) is 5.13 Å². The number of hydrogen-bond acceptors (Lipinski definition) is 8. The molecule has 0 aliphatic heterocycles. The van der Waals surface area contributed by atoms with Crippen molar-refractivity contribution in [2.24, 2.45) is 10.2 Å². The molecule has 0 aliphatic carbocycles. The summed E-state index contributed by atoms with van der Waals surface area (Å²) in [5.74, 6) is 0.798. The Morgan fingerprint density at radius 3 is 2.46 bits per heavy atom. The fourth-order valence-electron chi connectivity index (χ4n) is 3.65. The molecule has 0 bridgehead atoms. The molecule has 4 aromatic rings. The Kier molecular flexibility index (Phi) is 8.24. The lowest BCUT2D eigenvalue weighted by Crippen LogP contribution is -2.23. The van der Waals surface area contributed by atoms with Crippen LogP contribution in [0.15, 0.2) is 64.8 Å². The smallest absolute Gasteiger partial charge is 0.231 e. The normalized spacial score (nSPS) is 11.8. The van der Waals surface area contributed by atoms with Gasteiger partial charge >= 0.3 is 0 Å². The first kappa shape index (κ1) is 24.6. The second kappa shape index (κ2) is 11.7. The average Bonchev–Trinajstić information content (AvgIpc) is 3.44. The first-order valence-corrected chi connectivity index (χ1v) is 13.3. The van der Waals surface area contributed by atoms with Gasteiger partial charge in [-0.25, -0.2) is 4.98 Å². The maximum absolute atomic E-state index is 9.66. The highest BCUT2D eigenvalue weighted by Gasteiger charge is 2.10. The first-order chi connectivity index (χ1) is 17.1. The molecule has 0 atom stereocenters. The van der Waals surface area contributed by atoms with Gasteiger partial charge in [-0.2, -0.15) is 5.26 Å². The van der Waals surface area contributed by atoms with Gasteiger partial charge in [-0.05, 0) is 86.5 Å². The fourth-order valence-corrected chi connectivity index (χ4v) is 5.63. The van der Waals surface area contributed by atoms with Crippen molar-refractivity contribution in [3.8, 4) is 11.8 Å². The van der Waals surface area contributed by atoms with E-state index in [4.69, 9.17) is 4.74 Å². The Morgan fingerprint density at radius 1 is 1.06 bits per heavy atom. The monoisotopic (exact) mass is 501 g/mol. The van der Waals surface area contributed by atoms with E-state index in [0.29, 0.717) is 17.3 Å². The van der Waals surface area contributed by atoms with Gasteiger partial charge in [0.15, 0.2) is 0 Å². The molecule has 2 heterocycles. The summed E-state index contributed by atoms with van der Waals surface area (Å²) in [5.41, 5.74) is 3.46. The maximum Gasteiger partial charge on any atom is 0.231 e. The Balaban J connectivity index is 1.47. The topological polar surface area (TPSA) is 73.9 Å². The highest BCUT2D eigenvalue weighted by atomic mass is 32.1. The quantitative estimate of drug-likeness (QED) is 0.161. The van der Waals surface area contributed by atoms with Crippen molar-refractivity contribution in [2.75, 3.05) is 24.6 Å². The predicted molar refractivity (Wildman–Crippen MR) is 147 cm³/mol. The average molecular weight is 502 g/mol. The lowest BCUT2D eigenvalue weighted by molar-refractivity contribution is 0.340. The number of nitrogens with zero attached hydrogens (tertiary/aromatic N) is 5. The van der Waals surface area contributed by atoms with Crippen molar-refractivity contribution in [1.29, 1.82) is 5.26 Å². The second-order valence-electron chi connectivity index (χ2n) is 7.74. The van der Waals surface area contributed by atoms with Crippen LogP contribution in [0.1, 0.15) is 37.6 Å². The predicted octanol–water partition coefficient (Wildman–Crippen LogP) is 8.47. The lowest BCUT2D eigenvalue weighted by Gasteiger charge is -2.22. The Morgan fingerprint density at radius 2 is 1.83 bits per heavy atom. The van der Waals surface area contributed by atoms with E-state index in [-0.39, 0.29) is 0 Å². The third kappa shape index (κ3) is 6.13. The number of allylic oxidation sites excluding steroid dienone is 1. The largest absolute Gasteiger partial charge is 0.494 e. The molecule has 0 saturated heterocycles. The van der Waals surface area contributed by atoms with Crippen LogP contribution in [0.2, 0.25) is 0 Å². The maximum atomic E-state index is 9.66. The van der Waals surface area contributed by atoms with Crippen molar-refractivity contribution in [3.63, 3.8) is 0 Å². The van der Waals surface area contributed by atoms with E-state index in [9.17, 15) is 5.26 Å². The van der Waals surface area contributed by atoms with E-state index in [2.05, 4.69) is 52.2 Å². The van der Waals surface area contributed by atoms with E-state index in [1.54, 1.807) is 11.3 Å². The molecule has 8 heteroatoms.